The molecule has 160 valence electrons. The van der Waals surface area contributed by atoms with Crippen LogP contribution < -0.4 is 20.1 Å². The van der Waals surface area contributed by atoms with Crippen molar-refractivity contribution in [3.8, 4) is 11.5 Å². The largest absolute Gasteiger partial charge is 0.497 e. The number of methoxy groups -OCH3 is 2. The molecule has 1 heterocycles. The number of halogens is 1. The Morgan fingerprint density at radius 3 is 2.55 bits per heavy atom. The molecule has 0 aliphatic carbocycles. The Bertz CT molecular complexity index is 743. The van der Waals surface area contributed by atoms with Crippen molar-refractivity contribution in [2.75, 3.05) is 46.7 Å². The fourth-order valence-corrected chi connectivity index (χ4v) is 2.83. The Hall–Kier alpha value is -2.23. The van der Waals surface area contributed by atoms with Gasteiger partial charge in [0, 0.05) is 51.6 Å². The molecule has 29 heavy (non-hydrogen) atoms. The van der Waals surface area contributed by atoms with Crippen molar-refractivity contribution in [2.45, 2.75) is 19.4 Å². The highest BCUT2D eigenvalue weighted by atomic mass is 127. The second-order valence-electron chi connectivity index (χ2n) is 6.36. The van der Waals surface area contributed by atoms with Crippen LogP contribution in [0.25, 0.3) is 0 Å². The zero-order chi connectivity index (χ0) is 20.2. The Labute approximate surface area is 190 Å². The number of pyridine rings is 1. The maximum atomic E-state index is 5.49. The van der Waals surface area contributed by atoms with E-state index in [0.29, 0.717) is 6.54 Å². The molecule has 0 aliphatic rings. The van der Waals surface area contributed by atoms with Gasteiger partial charge in [-0.1, -0.05) is 6.07 Å². The lowest BCUT2D eigenvalue weighted by atomic mass is 10.2. The van der Waals surface area contributed by atoms with Crippen molar-refractivity contribution < 1.29 is 9.47 Å². The third kappa shape index (κ3) is 8.35. The first-order valence-electron chi connectivity index (χ1n) is 9.45. The van der Waals surface area contributed by atoms with E-state index in [4.69, 9.17) is 9.47 Å². The monoisotopic (exact) mass is 513 g/mol. The van der Waals surface area contributed by atoms with E-state index in [1.807, 2.05) is 43.4 Å². The molecule has 0 radical (unpaired) electrons. The number of aliphatic imine (C=N–C) groups is 1. The third-order valence-electron chi connectivity index (χ3n) is 4.33. The molecular weight excluding hydrogens is 481 g/mol. The van der Waals surface area contributed by atoms with Crippen LogP contribution >= 0.6 is 24.0 Å². The second kappa shape index (κ2) is 13.9. The predicted molar refractivity (Wildman–Crippen MR) is 130 cm³/mol. The first kappa shape index (κ1) is 24.8. The number of anilines is 1. The minimum atomic E-state index is 0. The van der Waals surface area contributed by atoms with Crippen LogP contribution in [0, 0.1) is 0 Å². The smallest absolute Gasteiger partial charge is 0.193 e. The number of unbranched alkanes of at least 4 members (excludes halogenated alkanes) is 1. The van der Waals surface area contributed by atoms with Gasteiger partial charge in [0.1, 0.15) is 17.3 Å². The van der Waals surface area contributed by atoms with E-state index in [1.54, 1.807) is 27.5 Å². The van der Waals surface area contributed by atoms with Gasteiger partial charge in [0.25, 0.3) is 0 Å². The number of ether oxygens (including phenoxy) is 2. The van der Waals surface area contributed by atoms with Crippen molar-refractivity contribution in [3.63, 3.8) is 0 Å². The molecule has 0 aliphatic heterocycles. The van der Waals surface area contributed by atoms with Crippen molar-refractivity contribution in [3.05, 3.63) is 48.2 Å². The fourth-order valence-electron chi connectivity index (χ4n) is 2.83. The molecule has 0 fully saturated rings. The van der Waals surface area contributed by atoms with E-state index in [1.165, 1.54) is 0 Å². The molecule has 0 saturated heterocycles. The molecule has 0 unspecified atom stereocenters. The minimum Gasteiger partial charge on any atom is -0.497 e. The summed E-state index contributed by atoms with van der Waals surface area (Å²) >= 11 is 0. The maximum Gasteiger partial charge on any atom is 0.193 e. The average Bonchev–Trinajstić information content (AvgIpc) is 2.74. The highest BCUT2D eigenvalue weighted by molar-refractivity contribution is 14.0. The van der Waals surface area contributed by atoms with E-state index >= 15 is 0 Å². The van der Waals surface area contributed by atoms with E-state index in [0.717, 1.165) is 54.8 Å². The summed E-state index contributed by atoms with van der Waals surface area (Å²) in [6, 6.07) is 11.7. The third-order valence-corrected chi connectivity index (χ3v) is 4.33. The lowest BCUT2D eigenvalue weighted by Gasteiger charge is -2.23. The molecule has 0 bridgehead atoms. The van der Waals surface area contributed by atoms with Gasteiger partial charge in [0.2, 0.25) is 0 Å². The van der Waals surface area contributed by atoms with E-state index in [9.17, 15) is 0 Å². The summed E-state index contributed by atoms with van der Waals surface area (Å²) in [5.41, 5.74) is 1.08. The van der Waals surface area contributed by atoms with Crippen LogP contribution in [0.3, 0.4) is 0 Å². The average molecular weight is 513 g/mol. The van der Waals surface area contributed by atoms with Crippen LogP contribution in [0.15, 0.2) is 47.6 Å². The van der Waals surface area contributed by atoms with Crippen LogP contribution in [0.1, 0.15) is 18.4 Å². The zero-order valence-corrected chi connectivity index (χ0v) is 20.0. The maximum absolute atomic E-state index is 5.49. The Morgan fingerprint density at radius 1 is 1.10 bits per heavy atom. The summed E-state index contributed by atoms with van der Waals surface area (Å²) in [5.74, 6) is 3.36. The van der Waals surface area contributed by atoms with Crippen LogP contribution in [0.5, 0.6) is 11.5 Å². The summed E-state index contributed by atoms with van der Waals surface area (Å²) in [6.07, 6.45) is 3.89. The van der Waals surface area contributed by atoms with Crippen LogP contribution in [-0.4, -0.2) is 57.2 Å². The van der Waals surface area contributed by atoms with Gasteiger partial charge in [-0.15, -0.1) is 24.0 Å². The SMILES string of the molecule is CN=C(NCCCCNc1ccccn1)N(C)Cc1ccc(OC)cc1OC.I. The molecule has 8 heteroatoms. The van der Waals surface area contributed by atoms with Crippen molar-refractivity contribution >= 4 is 35.8 Å². The molecule has 0 saturated carbocycles. The van der Waals surface area contributed by atoms with Crippen LogP contribution in [0.4, 0.5) is 5.82 Å². The van der Waals surface area contributed by atoms with Gasteiger partial charge in [0.05, 0.1) is 14.2 Å². The molecular formula is C21H32IN5O2. The van der Waals surface area contributed by atoms with Gasteiger partial charge in [-0.05, 0) is 37.1 Å². The van der Waals surface area contributed by atoms with Gasteiger partial charge in [-0.3, -0.25) is 4.99 Å². The van der Waals surface area contributed by atoms with E-state index in [2.05, 4.69) is 25.5 Å². The standard InChI is InChI=1S/C21H31N5O2.HI/c1-22-21(25-14-8-7-13-24-20-9-5-6-12-23-20)26(2)16-17-10-11-18(27-3)15-19(17)28-4;/h5-6,9-12,15H,7-8,13-14,16H2,1-4H3,(H,22,25)(H,23,24);1H. The number of nitrogens with one attached hydrogen (secondary N) is 2. The quantitative estimate of drug-likeness (QED) is 0.219. The number of hydrogen-bond donors (Lipinski definition) is 2. The summed E-state index contributed by atoms with van der Waals surface area (Å²) in [7, 11) is 7.14. The lowest BCUT2D eigenvalue weighted by Crippen LogP contribution is -2.39. The normalized spacial score (nSPS) is 10.7. The Kier molecular flexibility index (Phi) is 11.9. The number of benzene rings is 1. The predicted octanol–water partition coefficient (Wildman–Crippen LogP) is 3.62. The first-order valence-corrected chi connectivity index (χ1v) is 9.45. The number of aromatic nitrogens is 1. The molecule has 2 N–H and O–H groups in total. The van der Waals surface area contributed by atoms with E-state index < -0.39 is 0 Å². The van der Waals surface area contributed by atoms with Gasteiger partial charge in [0.15, 0.2) is 5.96 Å². The summed E-state index contributed by atoms with van der Waals surface area (Å²) in [6.45, 7) is 2.45. The lowest BCUT2D eigenvalue weighted by molar-refractivity contribution is 0.382. The van der Waals surface area contributed by atoms with Crippen molar-refractivity contribution in [1.29, 1.82) is 0 Å². The number of hydrogen-bond acceptors (Lipinski definition) is 5. The van der Waals surface area contributed by atoms with Crippen molar-refractivity contribution in [2.24, 2.45) is 4.99 Å². The number of rotatable bonds is 10. The van der Waals surface area contributed by atoms with E-state index in [-0.39, 0.29) is 24.0 Å². The summed E-state index contributed by atoms with van der Waals surface area (Å²) < 4.78 is 10.7. The molecule has 7 nitrogen and oxygen atoms in total. The minimum absolute atomic E-state index is 0. The van der Waals surface area contributed by atoms with Gasteiger partial charge in [-0.2, -0.15) is 0 Å². The van der Waals surface area contributed by atoms with Gasteiger partial charge < -0.3 is 25.0 Å². The molecule has 0 atom stereocenters. The van der Waals surface area contributed by atoms with Crippen LogP contribution in [0.2, 0.25) is 0 Å². The number of nitrogens with zero attached hydrogens (tertiary/aromatic N) is 3. The van der Waals surface area contributed by atoms with Crippen molar-refractivity contribution in [1.82, 2.24) is 15.2 Å². The Morgan fingerprint density at radius 2 is 1.90 bits per heavy atom. The molecule has 1 aromatic carbocycles. The molecule has 2 rings (SSSR count). The summed E-state index contributed by atoms with van der Waals surface area (Å²) in [4.78, 5) is 10.7. The van der Waals surface area contributed by atoms with Gasteiger partial charge in [-0.25, -0.2) is 4.98 Å². The Balaban J connectivity index is 0.00000420. The molecule has 2 aromatic rings. The van der Waals surface area contributed by atoms with Crippen LogP contribution in [-0.2, 0) is 6.54 Å². The molecule has 0 spiro atoms. The first-order chi connectivity index (χ1) is 13.7. The number of guanidine groups is 1. The highest BCUT2D eigenvalue weighted by Gasteiger charge is 2.11. The second-order valence-corrected chi connectivity index (χ2v) is 6.36. The summed E-state index contributed by atoms with van der Waals surface area (Å²) in [5, 5.41) is 6.74. The zero-order valence-electron chi connectivity index (χ0n) is 17.6. The van der Waals surface area contributed by atoms with Gasteiger partial charge >= 0.3 is 0 Å². The highest BCUT2D eigenvalue weighted by Crippen LogP contribution is 2.25. The molecule has 0 amide bonds. The molecule has 1 aromatic heterocycles. The fraction of sp³-hybridized carbons (Fsp3) is 0.429. The topological polar surface area (TPSA) is 71.0 Å².